The average Bonchev–Trinajstić information content (AvgIpc) is 3.94. The van der Waals surface area contributed by atoms with Gasteiger partial charge in [-0.3, -0.25) is 0 Å². The van der Waals surface area contributed by atoms with Crippen LogP contribution in [0.4, 0.5) is 0 Å². The Balaban J connectivity index is 1.11. The molecule has 0 saturated heterocycles. The lowest BCUT2D eigenvalue weighted by molar-refractivity contribution is 1.11. The van der Waals surface area contributed by atoms with Crippen molar-refractivity contribution in [3.63, 3.8) is 0 Å². The van der Waals surface area contributed by atoms with Gasteiger partial charge in [-0.05, 0) is 82.9 Å². The minimum atomic E-state index is 0.941. The Morgan fingerprint density at radius 3 is 1.46 bits per heavy atom. The zero-order valence-electron chi connectivity index (χ0n) is 28.3. The summed E-state index contributed by atoms with van der Waals surface area (Å²) in [5, 5.41) is 7.58. The van der Waals surface area contributed by atoms with Gasteiger partial charge in [0.15, 0.2) is 0 Å². The molecule has 12 rings (SSSR count). The summed E-state index contributed by atoms with van der Waals surface area (Å²) >= 11 is 0. The van der Waals surface area contributed by atoms with Crippen molar-refractivity contribution in [2.24, 2.45) is 0 Å². The molecule has 1 aliphatic carbocycles. The molecule has 0 N–H and O–H groups in total. The lowest BCUT2D eigenvalue weighted by Gasteiger charge is -2.14. The van der Waals surface area contributed by atoms with Crippen LogP contribution in [0.25, 0.3) is 93.6 Å². The van der Waals surface area contributed by atoms with Gasteiger partial charge in [0.2, 0.25) is 0 Å². The predicted molar refractivity (Wildman–Crippen MR) is 218 cm³/mol. The fourth-order valence-electron chi connectivity index (χ4n) is 9.29. The minimum Gasteiger partial charge on any atom is -0.309 e. The van der Waals surface area contributed by atoms with Crippen molar-refractivity contribution in [3.8, 4) is 28.2 Å². The monoisotopic (exact) mass is 661 g/mol. The summed E-state index contributed by atoms with van der Waals surface area (Å²) in [4.78, 5) is 0. The van der Waals surface area contributed by atoms with Crippen molar-refractivity contribution in [1.29, 1.82) is 0 Å². The second-order valence-electron chi connectivity index (χ2n) is 14.1. The molecule has 242 valence electrons. The van der Waals surface area contributed by atoms with Crippen LogP contribution in [0.15, 0.2) is 176 Å². The van der Waals surface area contributed by atoms with Crippen LogP contribution in [0.3, 0.4) is 0 Å². The second-order valence-corrected chi connectivity index (χ2v) is 14.1. The molecule has 3 heteroatoms. The number of rotatable bonds is 3. The molecule has 0 saturated carbocycles. The fourth-order valence-corrected chi connectivity index (χ4v) is 9.29. The maximum Gasteiger partial charge on any atom is 0.0562 e. The van der Waals surface area contributed by atoms with Crippen LogP contribution in [0.2, 0.25) is 0 Å². The Morgan fingerprint density at radius 1 is 0.308 bits per heavy atom. The summed E-state index contributed by atoms with van der Waals surface area (Å²) in [6.45, 7) is 0. The van der Waals surface area contributed by atoms with Crippen molar-refractivity contribution >= 4 is 65.4 Å². The Morgan fingerprint density at radius 2 is 0.788 bits per heavy atom. The van der Waals surface area contributed by atoms with E-state index in [0.29, 0.717) is 0 Å². The Bertz CT molecular complexity index is 3220. The van der Waals surface area contributed by atoms with Crippen LogP contribution in [0.5, 0.6) is 0 Å². The maximum absolute atomic E-state index is 2.51. The average molecular weight is 662 g/mol. The van der Waals surface area contributed by atoms with E-state index in [1.165, 1.54) is 99.0 Å². The van der Waals surface area contributed by atoms with Crippen LogP contribution >= 0.6 is 0 Å². The van der Waals surface area contributed by atoms with E-state index in [-0.39, 0.29) is 0 Å². The van der Waals surface area contributed by atoms with Gasteiger partial charge >= 0.3 is 0 Å². The molecule has 0 unspecified atom stereocenters. The molecule has 52 heavy (non-hydrogen) atoms. The summed E-state index contributed by atoms with van der Waals surface area (Å²) in [5.74, 6) is 0. The number of hydrogen-bond donors (Lipinski definition) is 0. The molecule has 3 nitrogen and oxygen atoms in total. The smallest absolute Gasteiger partial charge is 0.0562 e. The highest BCUT2D eigenvalue weighted by Crippen LogP contribution is 2.43. The van der Waals surface area contributed by atoms with Crippen molar-refractivity contribution in [1.82, 2.24) is 13.7 Å². The number of aromatic nitrogens is 3. The first-order valence-corrected chi connectivity index (χ1v) is 18.1. The highest BCUT2D eigenvalue weighted by molar-refractivity contribution is 6.13. The standard InChI is InChI=1S/C49H31N3/c1-2-13-34-31(12-1)28-41-35(34)18-11-23-47(41)52-46-22-10-5-16-38(46)40-26-24-33(30-49(40)52)51-45-21-9-6-17-39(45)42-29-32(25-27-48(42)51)50-43-19-7-3-14-36(43)37-15-4-8-20-44(37)50/h1-27,29-30H,28H2. The molecule has 3 heterocycles. The summed E-state index contributed by atoms with van der Waals surface area (Å²) in [6.07, 6.45) is 0.941. The van der Waals surface area contributed by atoms with E-state index in [1.807, 2.05) is 0 Å². The van der Waals surface area contributed by atoms with E-state index in [0.717, 1.165) is 12.1 Å². The Labute approximate surface area is 299 Å². The van der Waals surface area contributed by atoms with Gasteiger partial charge in [-0.25, -0.2) is 0 Å². The molecule has 3 aromatic heterocycles. The van der Waals surface area contributed by atoms with Gasteiger partial charge in [-0.15, -0.1) is 0 Å². The van der Waals surface area contributed by atoms with Crippen molar-refractivity contribution in [2.75, 3.05) is 0 Å². The van der Waals surface area contributed by atoms with Crippen LogP contribution < -0.4 is 0 Å². The predicted octanol–water partition coefficient (Wildman–Crippen LogP) is 12.5. The second kappa shape index (κ2) is 10.3. The van der Waals surface area contributed by atoms with E-state index in [4.69, 9.17) is 0 Å². The van der Waals surface area contributed by atoms with Gasteiger partial charge in [-0.2, -0.15) is 0 Å². The number of fused-ring (bicyclic) bond motifs is 12. The van der Waals surface area contributed by atoms with Crippen molar-refractivity contribution < 1.29 is 0 Å². The molecule has 1 aliphatic rings. The zero-order chi connectivity index (χ0) is 33.9. The normalized spacial score (nSPS) is 12.5. The maximum atomic E-state index is 2.51. The number of nitrogens with zero attached hydrogens (tertiary/aromatic N) is 3. The zero-order valence-corrected chi connectivity index (χ0v) is 28.3. The highest BCUT2D eigenvalue weighted by Gasteiger charge is 2.24. The lowest BCUT2D eigenvalue weighted by Crippen LogP contribution is -2.00. The minimum absolute atomic E-state index is 0.941. The number of para-hydroxylation sites is 4. The summed E-state index contributed by atoms with van der Waals surface area (Å²) in [7, 11) is 0. The number of hydrogen-bond acceptors (Lipinski definition) is 0. The summed E-state index contributed by atoms with van der Waals surface area (Å²) in [6, 6.07) is 64.9. The molecule has 8 aromatic carbocycles. The molecule has 0 atom stereocenters. The van der Waals surface area contributed by atoms with E-state index < -0.39 is 0 Å². The van der Waals surface area contributed by atoms with Gasteiger partial charge in [0.25, 0.3) is 0 Å². The largest absolute Gasteiger partial charge is 0.309 e. The van der Waals surface area contributed by atoms with E-state index in [9.17, 15) is 0 Å². The number of benzene rings is 8. The fraction of sp³-hybridized carbons (Fsp3) is 0.0204. The first kappa shape index (κ1) is 27.9. The first-order chi connectivity index (χ1) is 25.8. The molecule has 0 fully saturated rings. The highest BCUT2D eigenvalue weighted by atomic mass is 15.0. The van der Waals surface area contributed by atoms with Gasteiger partial charge < -0.3 is 13.7 Å². The Hall–Kier alpha value is -6.84. The molecule has 0 spiro atoms. The summed E-state index contributed by atoms with van der Waals surface area (Å²) < 4.78 is 7.37. The first-order valence-electron chi connectivity index (χ1n) is 18.1. The van der Waals surface area contributed by atoms with Crippen LogP contribution in [0.1, 0.15) is 11.1 Å². The third-order valence-corrected chi connectivity index (χ3v) is 11.5. The molecular weight excluding hydrogens is 631 g/mol. The van der Waals surface area contributed by atoms with Gasteiger partial charge in [0.1, 0.15) is 0 Å². The van der Waals surface area contributed by atoms with Gasteiger partial charge in [-0.1, -0.05) is 115 Å². The lowest BCUT2D eigenvalue weighted by atomic mass is 10.0. The SMILES string of the molecule is c1ccc2c(c1)Cc1c-2cccc1-n1c2ccccc2c2ccc(-n3c4ccccc4c4cc(-n5c6ccccc6c6ccccc65)ccc43)cc21. The van der Waals surface area contributed by atoms with Crippen molar-refractivity contribution in [2.45, 2.75) is 6.42 Å². The molecule has 0 bridgehead atoms. The van der Waals surface area contributed by atoms with Gasteiger partial charge in [0.05, 0.1) is 38.8 Å². The molecule has 0 radical (unpaired) electrons. The molecule has 0 aliphatic heterocycles. The van der Waals surface area contributed by atoms with Crippen LogP contribution in [-0.4, -0.2) is 13.7 Å². The topological polar surface area (TPSA) is 14.8 Å². The van der Waals surface area contributed by atoms with E-state index >= 15 is 0 Å². The van der Waals surface area contributed by atoms with Crippen LogP contribution in [0, 0.1) is 0 Å². The van der Waals surface area contributed by atoms with E-state index in [1.54, 1.807) is 0 Å². The van der Waals surface area contributed by atoms with Gasteiger partial charge in [0, 0.05) is 50.1 Å². The van der Waals surface area contributed by atoms with Crippen molar-refractivity contribution in [3.05, 3.63) is 187 Å². The third-order valence-electron chi connectivity index (χ3n) is 11.5. The molecule has 11 aromatic rings. The van der Waals surface area contributed by atoms with Crippen LogP contribution in [-0.2, 0) is 6.42 Å². The summed E-state index contributed by atoms with van der Waals surface area (Å²) in [5.41, 5.74) is 16.4. The molecule has 0 amide bonds. The Kier molecular flexibility index (Phi) is 5.56. The quantitative estimate of drug-likeness (QED) is 0.179. The molecular formula is C49H31N3. The third kappa shape index (κ3) is 3.69. The van der Waals surface area contributed by atoms with E-state index in [2.05, 4.69) is 190 Å².